The normalized spacial score (nSPS) is 22.7. The molecule has 158 valence electrons. The summed E-state index contributed by atoms with van der Waals surface area (Å²) in [6.45, 7) is 4.88. The number of hydrogen-bond donors (Lipinski definition) is 2. The lowest BCUT2D eigenvalue weighted by molar-refractivity contribution is -0.126. The number of nitrogens with zero attached hydrogens (tertiary/aromatic N) is 2. The molecule has 7 nitrogen and oxygen atoms in total. The average Bonchev–Trinajstić information content (AvgIpc) is 3.07. The lowest BCUT2D eigenvalue weighted by Gasteiger charge is -2.31. The number of nitrogens with one attached hydrogen (secondary N) is 1. The van der Waals surface area contributed by atoms with Crippen LogP contribution in [0.2, 0.25) is 0 Å². The van der Waals surface area contributed by atoms with E-state index in [2.05, 4.69) is 10.2 Å². The maximum atomic E-state index is 14.2. The molecule has 3 rings (SSSR count). The van der Waals surface area contributed by atoms with Crippen molar-refractivity contribution in [3.63, 3.8) is 0 Å². The topological polar surface area (TPSA) is 95.7 Å². The molecule has 2 fully saturated rings. The van der Waals surface area contributed by atoms with E-state index in [1.54, 1.807) is 19.1 Å². The molecule has 0 saturated carbocycles. The van der Waals surface area contributed by atoms with Crippen LogP contribution in [0.25, 0.3) is 0 Å². The Morgan fingerprint density at radius 1 is 1.28 bits per heavy atom. The zero-order chi connectivity index (χ0) is 21.0. The predicted molar refractivity (Wildman–Crippen MR) is 108 cm³/mol. The van der Waals surface area contributed by atoms with Crippen LogP contribution in [0, 0.1) is 24.6 Å². The van der Waals surface area contributed by atoms with E-state index in [9.17, 15) is 18.8 Å². The Bertz CT molecular complexity index is 785. The van der Waals surface area contributed by atoms with Gasteiger partial charge in [0.25, 0.3) is 0 Å². The fourth-order valence-electron chi connectivity index (χ4n) is 4.10. The molecule has 0 radical (unpaired) electrons. The molecule has 3 N–H and O–H groups in total. The number of hydrogen-bond acceptors (Lipinski definition) is 4. The Balaban J connectivity index is 1.43. The largest absolute Gasteiger partial charge is 0.369 e. The van der Waals surface area contributed by atoms with Gasteiger partial charge in [-0.1, -0.05) is 6.07 Å². The summed E-state index contributed by atoms with van der Waals surface area (Å²) in [5.41, 5.74) is 6.40. The van der Waals surface area contributed by atoms with Crippen molar-refractivity contribution in [2.75, 3.05) is 37.6 Å². The molecule has 0 spiro atoms. The van der Waals surface area contributed by atoms with E-state index in [4.69, 9.17) is 5.73 Å². The number of carbonyl (C=O) groups is 3. The van der Waals surface area contributed by atoms with Crippen LogP contribution in [-0.2, 0) is 14.4 Å². The summed E-state index contributed by atoms with van der Waals surface area (Å²) in [4.78, 5) is 39.6. The van der Waals surface area contributed by atoms with E-state index in [0.717, 1.165) is 37.9 Å². The van der Waals surface area contributed by atoms with Gasteiger partial charge < -0.3 is 20.9 Å². The number of piperidine rings is 1. The summed E-state index contributed by atoms with van der Waals surface area (Å²) in [6.07, 6.45) is 2.64. The van der Waals surface area contributed by atoms with Crippen LogP contribution in [-0.4, -0.2) is 55.3 Å². The Kier molecular flexibility index (Phi) is 6.84. The first-order valence-electron chi connectivity index (χ1n) is 10.2. The van der Waals surface area contributed by atoms with E-state index >= 15 is 0 Å². The highest BCUT2D eigenvalue weighted by Gasteiger charge is 2.36. The van der Waals surface area contributed by atoms with E-state index in [1.807, 2.05) is 0 Å². The summed E-state index contributed by atoms with van der Waals surface area (Å²) >= 11 is 0. The second-order valence-electron chi connectivity index (χ2n) is 8.05. The van der Waals surface area contributed by atoms with Gasteiger partial charge in [-0.3, -0.25) is 14.4 Å². The molecule has 0 aliphatic carbocycles. The predicted octanol–water partition coefficient (Wildman–Crippen LogP) is 1.19. The van der Waals surface area contributed by atoms with Crippen molar-refractivity contribution < 1.29 is 18.8 Å². The molecule has 1 aromatic rings. The van der Waals surface area contributed by atoms with Crippen LogP contribution < -0.4 is 16.0 Å². The van der Waals surface area contributed by atoms with Crippen LogP contribution in [0.4, 0.5) is 10.1 Å². The smallest absolute Gasteiger partial charge is 0.227 e. The van der Waals surface area contributed by atoms with Gasteiger partial charge in [0.2, 0.25) is 17.7 Å². The van der Waals surface area contributed by atoms with Crippen LogP contribution >= 0.6 is 0 Å². The number of benzene rings is 1. The summed E-state index contributed by atoms with van der Waals surface area (Å²) in [7, 11) is 0. The highest BCUT2D eigenvalue weighted by molar-refractivity contribution is 6.00. The van der Waals surface area contributed by atoms with Gasteiger partial charge in [-0.05, 0) is 57.0 Å². The molecular formula is C21H29FN4O3. The van der Waals surface area contributed by atoms with Crippen LogP contribution in [0.1, 0.15) is 31.2 Å². The third-order valence-corrected chi connectivity index (χ3v) is 5.75. The Morgan fingerprint density at radius 2 is 2.07 bits per heavy atom. The van der Waals surface area contributed by atoms with Gasteiger partial charge in [0.15, 0.2) is 0 Å². The molecule has 1 aromatic carbocycles. The number of amides is 3. The monoisotopic (exact) mass is 404 g/mol. The van der Waals surface area contributed by atoms with Crippen molar-refractivity contribution in [1.29, 1.82) is 0 Å². The highest BCUT2D eigenvalue weighted by atomic mass is 19.1. The zero-order valence-electron chi connectivity index (χ0n) is 16.8. The van der Waals surface area contributed by atoms with Crippen LogP contribution in [0.5, 0.6) is 0 Å². The van der Waals surface area contributed by atoms with E-state index < -0.39 is 11.7 Å². The van der Waals surface area contributed by atoms with Gasteiger partial charge in [0.1, 0.15) is 5.82 Å². The molecule has 3 amide bonds. The minimum absolute atomic E-state index is 0.0870. The van der Waals surface area contributed by atoms with Gasteiger partial charge in [0, 0.05) is 26.1 Å². The van der Waals surface area contributed by atoms with Crippen molar-refractivity contribution in [1.82, 2.24) is 10.2 Å². The van der Waals surface area contributed by atoms with Crippen molar-refractivity contribution in [2.45, 2.75) is 32.6 Å². The molecule has 2 unspecified atom stereocenters. The van der Waals surface area contributed by atoms with Gasteiger partial charge in [-0.2, -0.15) is 0 Å². The maximum absolute atomic E-state index is 14.2. The standard InChI is InChI=1S/C21H29FN4O3/c1-14-5-6-18(17(22)10-14)26-13-16(11-19(26)27)21(29)24-7-3-9-25-8-2-4-15(12-25)20(23)28/h5-6,10,15-16H,2-4,7-9,11-13H2,1H3,(H2,23,28)(H,24,29). The molecule has 2 saturated heterocycles. The van der Waals surface area contributed by atoms with E-state index in [1.165, 1.54) is 11.0 Å². The number of primary amides is 1. The number of aryl methyl sites for hydroxylation is 1. The molecule has 0 aromatic heterocycles. The lowest BCUT2D eigenvalue weighted by Crippen LogP contribution is -2.42. The first-order chi connectivity index (χ1) is 13.8. The third kappa shape index (κ3) is 5.32. The second-order valence-corrected chi connectivity index (χ2v) is 8.05. The molecule has 2 heterocycles. The fraction of sp³-hybridized carbons (Fsp3) is 0.571. The van der Waals surface area contributed by atoms with Crippen molar-refractivity contribution in [2.24, 2.45) is 17.6 Å². The van der Waals surface area contributed by atoms with Gasteiger partial charge >= 0.3 is 0 Å². The minimum Gasteiger partial charge on any atom is -0.369 e. The average molecular weight is 404 g/mol. The Hall–Kier alpha value is -2.48. The van der Waals surface area contributed by atoms with E-state index in [0.29, 0.717) is 13.1 Å². The number of carbonyl (C=O) groups excluding carboxylic acids is 3. The maximum Gasteiger partial charge on any atom is 0.227 e. The SMILES string of the molecule is Cc1ccc(N2CC(C(=O)NCCCN3CCCC(C(N)=O)C3)CC2=O)c(F)c1. The summed E-state index contributed by atoms with van der Waals surface area (Å²) in [5, 5.41) is 2.88. The number of halogens is 1. The van der Waals surface area contributed by atoms with E-state index in [-0.39, 0.29) is 42.3 Å². The van der Waals surface area contributed by atoms with Crippen molar-refractivity contribution in [3.05, 3.63) is 29.6 Å². The van der Waals surface area contributed by atoms with Crippen molar-refractivity contribution in [3.8, 4) is 0 Å². The zero-order valence-corrected chi connectivity index (χ0v) is 16.8. The lowest BCUT2D eigenvalue weighted by atomic mass is 9.97. The summed E-state index contributed by atoms with van der Waals surface area (Å²) in [6, 6.07) is 4.72. The van der Waals surface area contributed by atoms with Gasteiger partial charge in [-0.25, -0.2) is 4.39 Å². The molecule has 8 heteroatoms. The molecule has 0 bridgehead atoms. The Labute approximate surface area is 170 Å². The summed E-state index contributed by atoms with van der Waals surface area (Å²) in [5.74, 6) is -1.67. The molecule has 2 aliphatic heterocycles. The quantitative estimate of drug-likeness (QED) is 0.668. The molecule has 29 heavy (non-hydrogen) atoms. The van der Waals surface area contributed by atoms with Crippen molar-refractivity contribution >= 4 is 23.4 Å². The number of likely N-dealkylation sites (tertiary alicyclic amines) is 1. The Morgan fingerprint density at radius 3 is 2.79 bits per heavy atom. The second kappa shape index (κ2) is 9.35. The number of anilines is 1. The van der Waals surface area contributed by atoms with Crippen LogP contribution in [0.15, 0.2) is 18.2 Å². The highest BCUT2D eigenvalue weighted by Crippen LogP contribution is 2.28. The molecule has 2 aliphatic rings. The first kappa shape index (κ1) is 21.2. The third-order valence-electron chi connectivity index (χ3n) is 5.75. The first-order valence-corrected chi connectivity index (χ1v) is 10.2. The number of rotatable bonds is 7. The molecular weight excluding hydrogens is 375 g/mol. The van der Waals surface area contributed by atoms with Crippen LogP contribution in [0.3, 0.4) is 0 Å². The summed E-state index contributed by atoms with van der Waals surface area (Å²) < 4.78 is 14.2. The minimum atomic E-state index is -0.475. The van der Waals surface area contributed by atoms with Gasteiger partial charge in [0.05, 0.1) is 17.5 Å². The fourth-order valence-corrected chi connectivity index (χ4v) is 4.10. The number of nitrogens with two attached hydrogens (primary N) is 1. The molecule has 2 atom stereocenters. The van der Waals surface area contributed by atoms with Gasteiger partial charge in [-0.15, -0.1) is 0 Å².